The Kier molecular flexibility index (Phi) is 17.4. The van der Waals surface area contributed by atoms with Crippen LogP contribution >= 0.6 is 7.26 Å². The number of rotatable bonds is 13. The van der Waals surface area contributed by atoms with Crippen molar-refractivity contribution in [1.29, 1.82) is 0 Å². The predicted octanol–water partition coefficient (Wildman–Crippen LogP) is 2.38. The second kappa shape index (κ2) is 21.4. The molecule has 0 aliphatic carbocycles. The Morgan fingerprint density at radius 1 is 0.560 bits per heavy atom. The summed E-state index contributed by atoms with van der Waals surface area (Å²) in [6.45, 7) is 0.887. The van der Waals surface area contributed by atoms with Gasteiger partial charge in [0.05, 0.1) is 6.61 Å². The third-order valence-electron chi connectivity index (χ3n) is 7.41. The molecular weight excluding hydrogens is 795 g/mol. The van der Waals surface area contributed by atoms with Crippen molar-refractivity contribution < 1.29 is 38.8 Å². The first-order valence-electron chi connectivity index (χ1n) is 15.4. The largest absolute Gasteiger partial charge is 2.00 e. The standard InChI is InChI=1S/C38H37N6OPS2.BrH.Cu/c1-39-37(47)43-41-35(30-17-7-2-8-18-30)36(31-19-9-3-10-20-31)42-44-38(48)40-27-28-45-29-46(32-21-11-4-12-22-32,33-23-13-5-14-24-33)34-25-15-6-16-26-34;;/h2-26H,27-29H2,1H3,(H3-,39,40,41,42,43,44,47,48);1H;/q;;+2/p-2. The van der Waals surface area contributed by atoms with Gasteiger partial charge in [0.25, 0.3) is 0 Å². The maximum atomic E-state index is 6.47. The van der Waals surface area contributed by atoms with Gasteiger partial charge >= 0.3 is 17.1 Å². The molecule has 0 atom stereocenters. The van der Waals surface area contributed by atoms with Gasteiger partial charge in [-0.25, -0.2) is 0 Å². The fourth-order valence-electron chi connectivity index (χ4n) is 5.10. The van der Waals surface area contributed by atoms with E-state index in [1.165, 1.54) is 15.9 Å². The molecule has 0 spiro atoms. The zero-order chi connectivity index (χ0) is 33.4. The van der Waals surface area contributed by atoms with Crippen LogP contribution in [0.25, 0.3) is 0 Å². The van der Waals surface area contributed by atoms with Crippen LogP contribution in [0.1, 0.15) is 11.1 Å². The van der Waals surface area contributed by atoms with E-state index in [0.717, 1.165) is 11.1 Å². The first-order valence-corrected chi connectivity index (χ1v) is 18.2. The molecule has 5 rings (SSSR count). The zero-order valence-corrected chi connectivity index (χ0v) is 32.3. The van der Waals surface area contributed by atoms with Crippen LogP contribution < -0.4 is 43.5 Å². The molecule has 7 nitrogen and oxygen atoms in total. The minimum atomic E-state index is -2.10. The molecule has 0 aliphatic heterocycles. The SMILES string of the molecule is CNC([S-])=NN=C(C(=NN=C([S-])NCCOC[P+](c1ccccc1)(c1ccccc1)c1ccccc1)c1ccccc1)c1ccccc1.[Br-].[Cu+2]. The van der Waals surface area contributed by atoms with Crippen molar-refractivity contribution in [3.63, 3.8) is 0 Å². The zero-order valence-electron chi connectivity index (χ0n) is 27.2. The molecule has 0 aliphatic rings. The molecule has 50 heavy (non-hydrogen) atoms. The number of nitrogens with zero attached hydrogens (tertiary/aromatic N) is 4. The van der Waals surface area contributed by atoms with Crippen LogP contribution in [0.4, 0.5) is 0 Å². The van der Waals surface area contributed by atoms with Gasteiger partial charge in [0.2, 0.25) is 0 Å². The molecule has 0 saturated heterocycles. The van der Waals surface area contributed by atoms with Gasteiger partial charge in [-0.3, -0.25) is 0 Å². The maximum Gasteiger partial charge on any atom is 2.00 e. The van der Waals surface area contributed by atoms with Crippen LogP contribution in [0.2, 0.25) is 0 Å². The van der Waals surface area contributed by atoms with E-state index in [1.54, 1.807) is 7.05 Å². The molecule has 0 heterocycles. The van der Waals surface area contributed by atoms with E-state index in [0.29, 0.717) is 30.9 Å². The van der Waals surface area contributed by atoms with Gasteiger partial charge in [0.1, 0.15) is 34.6 Å². The summed E-state index contributed by atoms with van der Waals surface area (Å²) in [6.07, 6.45) is 0.543. The molecule has 2 N–H and O–H groups in total. The molecule has 5 aromatic rings. The van der Waals surface area contributed by atoms with Crippen LogP contribution in [0.15, 0.2) is 172 Å². The smallest absolute Gasteiger partial charge is 1.00 e. The molecule has 1 radical (unpaired) electrons. The van der Waals surface area contributed by atoms with E-state index in [2.05, 4.69) is 122 Å². The van der Waals surface area contributed by atoms with Crippen LogP contribution in [-0.2, 0) is 47.1 Å². The summed E-state index contributed by atoms with van der Waals surface area (Å²) >= 11 is 10.8. The average molecular weight is 831 g/mol. The summed E-state index contributed by atoms with van der Waals surface area (Å²) in [5.41, 5.74) is 2.64. The monoisotopic (exact) mass is 829 g/mol. The van der Waals surface area contributed by atoms with Crippen molar-refractivity contribution in [2.45, 2.75) is 0 Å². The second-order valence-corrected chi connectivity index (χ2v) is 14.7. The first kappa shape index (κ1) is 40.6. The fraction of sp³-hybridized carbons (Fsp3) is 0.105. The van der Waals surface area contributed by atoms with Gasteiger partial charge < -0.3 is 57.6 Å². The van der Waals surface area contributed by atoms with Gasteiger partial charge in [-0.05, 0) is 46.7 Å². The van der Waals surface area contributed by atoms with Crippen molar-refractivity contribution in [3.05, 3.63) is 163 Å². The molecule has 0 saturated carbocycles. The van der Waals surface area contributed by atoms with Crippen molar-refractivity contribution in [3.8, 4) is 0 Å². The fourth-order valence-corrected chi connectivity index (χ4v) is 9.07. The van der Waals surface area contributed by atoms with E-state index in [9.17, 15) is 0 Å². The molecule has 0 aromatic heterocycles. The third-order valence-corrected chi connectivity index (χ3v) is 12.0. The number of ether oxygens (including phenoxy) is 1. The Morgan fingerprint density at radius 3 is 1.30 bits per heavy atom. The van der Waals surface area contributed by atoms with Crippen molar-refractivity contribution in [2.24, 2.45) is 20.4 Å². The topological polar surface area (TPSA) is 82.7 Å². The first-order chi connectivity index (χ1) is 23.6. The molecule has 259 valence electrons. The Morgan fingerprint density at radius 2 is 0.920 bits per heavy atom. The Bertz CT molecular complexity index is 1760. The van der Waals surface area contributed by atoms with Gasteiger partial charge in [-0.2, -0.15) is 10.2 Å². The van der Waals surface area contributed by atoms with E-state index in [-0.39, 0.29) is 44.4 Å². The number of benzene rings is 5. The summed E-state index contributed by atoms with van der Waals surface area (Å²) in [5, 5.41) is 27.9. The molecule has 12 heteroatoms. The molecule has 0 bridgehead atoms. The van der Waals surface area contributed by atoms with Crippen LogP contribution in [0.5, 0.6) is 0 Å². The molecule has 5 aromatic carbocycles. The normalized spacial score (nSPS) is 12.3. The van der Waals surface area contributed by atoms with Gasteiger partial charge in [-0.1, -0.05) is 115 Å². The number of hydrogen-bond donors (Lipinski definition) is 2. The summed E-state index contributed by atoms with van der Waals surface area (Å²) in [5.74, 6) is 0. The Labute approximate surface area is 327 Å². The number of nitrogens with one attached hydrogen (secondary N) is 2. The number of hydrogen-bond acceptors (Lipinski definition) is 7. The Hall–Kier alpha value is -3.79. The molecular formula is C38H36BrCuN6OPS2. The molecule has 0 amide bonds. The van der Waals surface area contributed by atoms with Gasteiger partial charge in [0.15, 0.2) is 6.35 Å². The quantitative estimate of drug-likeness (QED) is 0.0363. The third kappa shape index (κ3) is 10.9. The van der Waals surface area contributed by atoms with Crippen LogP contribution in [0.3, 0.4) is 0 Å². The summed E-state index contributed by atoms with van der Waals surface area (Å²) < 4.78 is 6.47. The van der Waals surface area contributed by atoms with Crippen LogP contribution in [-0.4, -0.2) is 48.3 Å². The summed E-state index contributed by atoms with van der Waals surface area (Å²) in [7, 11) is -0.398. The predicted molar refractivity (Wildman–Crippen MR) is 209 cm³/mol. The molecule has 0 unspecified atom stereocenters. The minimum Gasteiger partial charge on any atom is -1.00 e. The van der Waals surface area contributed by atoms with Crippen molar-refractivity contribution in [1.82, 2.24) is 10.6 Å². The van der Waals surface area contributed by atoms with Crippen molar-refractivity contribution in [2.75, 3.05) is 26.5 Å². The molecule has 0 fully saturated rings. The van der Waals surface area contributed by atoms with Gasteiger partial charge in [0, 0.05) is 24.7 Å². The number of amidine groups is 2. The average Bonchev–Trinajstić information content (AvgIpc) is 3.16. The maximum absolute atomic E-state index is 6.47. The van der Waals surface area contributed by atoms with Crippen molar-refractivity contribution >= 4 is 70.2 Å². The second-order valence-electron chi connectivity index (χ2n) is 10.5. The van der Waals surface area contributed by atoms with E-state index in [1.807, 2.05) is 60.7 Å². The summed E-state index contributed by atoms with van der Waals surface area (Å²) in [6, 6.07) is 51.3. The Balaban J connectivity index is 0.00000338. The van der Waals surface area contributed by atoms with Gasteiger partial charge in [-0.15, -0.1) is 10.2 Å². The van der Waals surface area contributed by atoms with E-state index >= 15 is 0 Å². The summed E-state index contributed by atoms with van der Waals surface area (Å²) in [4.78, 5) is 0. The minimum absolute atomic E-state index is 0. The van der Waals surface area contributed by atoms with E-state index in [4.69, 9.17) is 30.0 Å². The number of halogens is 1. The van der Waals surface area contributed by atoms with Crippen LogP contribution in [0, 0.1) is 0 Å². The van der Waals surface area contributed by atoms with E-state index < -0.39 is 7.26 Å².